The van der Waals surface area contributed by atoms with Crippen molar-refractivity contribution in [2.24, 2.45) is 0 Å². The molecule has 8 heteroatoms. The zero-order valence-electron chi connectivity index (χ0n) is 23.0. The maximum atomic E-state index is 12.8. The first-order valence-corrected chi connectivity index (χ1v) is 13.5. The lowest BCUT2D eigenvalue weighted by Gasteiger charge is -2.22. The van der Waals surface area contributed by atoms with Gasteiger partial charge in [0.1, 0.15) is 18.0 Å². The van der Waals surface area contributed by atoms with E-state index < -0.39 is 11.7 Å². The molecule has 1 aliphatic heterocycles. The van der Waals surface area contributed by atoms with Crippen LogP contribution in [0, 0.1) is 0 Å². The summed E-state index contributed by atoms with van der Waals surface area (Å²) in [7, 11) is 0. The standard InChI is InChI=1S/C32H34N4O4/c1-32(2,3)40-30(37)34-26-12-7-11-25(19-26)23-14-16-24(17-15-23)27-20-33-29(35-27)28-13-8-18-36(28)31(38)39-21-22-9-5-4-6-10-22/h4-7,9-12,14-17,19-20,28H,8,13,18,21H2,1-3H3,(H,33,35)(H,34,37)/t28-/m0/s1. The summed E-state index contributed by atoms with van der Waals surface area (Å²) in [5, 5.41) is 2.79. The van der Waals surface area contributed by atoms with Crippen LogP contribution in [-0.2, 0) is 16.1 Å². The van der Waals surface area contributed by atoms with E-state index in [0.29, 0.717) is 12.2 Å². The van der Waals surface area contributed by atoms with Crippen molar-refractivity contribution >= 4 is 17.9 Å². The molecule has 0 bridgehead atoms. The number of hydrogen-bond acceptors (Lipinski definition) is 5. The Hall–Kier alpha value is -4.59. The van der Waals surface area contributed by atoms with Gasteiger partial charge in [0.05, 0.1) is 17.9 Å². The van der Waals surface area contributed by atoms with Crippen LogP contribution in [0.1, 0.15) is 51.0 Å². The smallest absolute Gasteiger partial charge is 0.412 e. The third-order valence-electron chi connectivity index (χ3n) is 6.64. The Morgan fingerprint density at radius 1 is 0.975 bits per heavy atom. The van der Waals surface area contributed by atoms with Crippen LogP contribution in [-0.4, -0.2) is 39.2 Å². The summed E-state index contributed by atoms with van der Waals surface area (Å²) in [6, 6.07) is 25.3. The minimum absolute atomic E-state index is 0.142. The first kappa shape index (κ1) is 27.0. The average molecular weight is 539 g/mol. The van der Waals surface area contributed by atoms with Crippen molar-refractivity contribution in [3.05, 3.63) is 96.4 Å². The van der Waals surface area contributed by atoms with Crippen LogP contribution >= 0.6 is 0 Å². The number of carbonyl (C=O) groups excluding carboxylic acids is 2. The summed E-state index contributed by atoms with van der Waals surface area (Å²) in [6.45, 7) is 6.39. The lowest BCUT2D eigenvalue weighted by Crippen LogP contribution is -2.31. The SMILES string of the molecule is CC(C)(C)OC(=O)Nc1cccc(-c2ccc(-c3cnc([C@@H]4CCCN4C(=O)OCc4ccccc4)[nH]3)cc2)c1. The summed E-state index contributed by atoms with van der Waals surface area (Å²) in [4.78, 5) is 34.8. The molecule has 1 fully saturated rings. The van der Waals surface area contributed by atoms with Crippen molar-refractivity contribution < 1.29 is 19.1 Å². The number of hydrogen-bond donors (Lipinski definition) is 2. The summed E-state index contributed by atoms with van der Waals surface area (Å²) in [6.07, 6.45) is 2.73. The summed E-state index contributed by atoms with van der Waals surface area (Å²) in [5.74, 6) is 0.758. The van der Waals surface area contributed by atoms with Crippen molar-refractivity contribution in [1.29, 1.82) is 0 Å². The highest BCUT2D eigenvalue weighted by molar-refractivity contribution is 5.86. The van der Waals surface area contributed by atoms with E-state index in [9.17, 15) is 9.59 Å². The molecule has 1 atom stereocenters. The molecule has 206 valence electrons. The molecule has 0 radical (unpaired) electrons. The topological polar surface area (TPSA) is 96.6 Å². The summed E-state index contributed by atoms with van der Waals surface area (Å²) < 4.78 is 10.9. The number of nitrogens with zero attached hydrogens (tertiary/aromatic N) is 2. The van der Waals surface area contributed by atoms with Crippen LogP contribution < -0.4 is 5.32 Å². The normalized spacial score (nSPS) is 15.1. The quantitative estimate of drug-likeness (QED) is 0.264. The Morgan fingerprint density at radius 2 is 1.73 bits per heavy atom. The van der Waals surface area contributed by atoms with E-state index in [4.69, 9.17) is 9.47 Å². The van der Waals surface area contributed by atoms with Crippen LogP contribution in [0.5, 0.6) is 0 Å². The van der Waals surface area contributed by atoms with Gasteiger partial charge in [-0.2, -0.15) is 0 Å². The van der Waals surface area contributed by atoms with Crippen LogP contribution in [0.25, 0.3) is 22.4 Å². The van der Waals surface area contributed by atoms with Gasteiger partial charge in [0.25, 0.3) is 0 Å². The highest BCUT2D eigenvalue weighted by Gasteiger charge is 2.33. The zero-order valence-corrected chi connectivity index (χ0v) is 23.0. The lowest BCUT2D eigenvalue weighted by atomic mass is 10.0. The van der Waals surface area contributed by atoms with Crippen molar-refractivity contribution in [2.75, 3.05) is 11.9 Å². The number of benzene rings is 3. The highest BCUT2D eigenvalue weighted by Crippen LogP contribution is 2.33. The second kappa shape index (κ2) is 11.7. The fourth-order valence-corrected chi connectivity index (χ4v) is 4.76. The van der Waals surface area contributed by atoms with E-state index in [1.807, 2.05) is 106 Å². The molecular formula is C32H34N4O4. The molecule has 0 saturated carbocycles. The third-order valence-corrected chi connectivity index (χ3v) is 6.64. The molecule has 2 heterocycles. The number of ether oxygens (including phenoxy) is 2. The Balaban J connectivity index is 1.24. The van der Waals surface area contributed by atoms with Crippen molar-refractivity contribution in [2.45, 2.75) is 51.9 Å². The van der Waals surface area contributed by atoms with Gasteiger partial charge < -0.3 is 14.5 Å². The Bertz CT molecular complexity index is 1460. The van der Waals surface area contributed by atoms with Gasteiger partial charge in [-0.05, 0) is 68.0 Å². The first-order valence-electron chi connectivity index (χ1n) is 13.5. The highest BCUT2D eigenvalue weighted by atomic mass is 16.6. The number of likely N-dealkylation sites (tertiary alicyclic amines) is 1. The van der Waals surface area contributed by atoms with Crippen LogP contribution in [0.2, 0.25) is 0 Å². The monoisotopic (exact) mass is 538 g/mol. The molecule has 1 aromatic heterocycles. The van der Waals surface area contributed by atoms with Gasteiger partial charge >= 0.3 is 12.2 Å². The number of rotatable bonds is 6. The van der Waals surface area contributed by atoms with Gasteiger partial charge in [0.2, 0.25) is 0 Å². The number of anilines is 1. The fraction of sp³-hybridized carbons (Fsp3) is 0.281. The maximum Gasteiger partial charge on any atom is 0.412 e. The maximum absolute atomic E-state index is 12.8. The second-order valence-electron chi connectivity index (χ2n) is 10.9. The molecule has 0 spiro atoms. The summed E-state index contributed by atoms with van der Waals surface area (Å²) >= 11 is 0. The molecule has 0 aliphatic carbocycles. The van der Waals surface area contributed by atoms with Crippen molar-refractivity contribution in [3.8, 4) is 22.4 Å². The molecule has 0 unspecified atom stereocenters. The number of nitrogens with one attached hydrogen (secondary N) is 2. The van der Waals surface area contributed by atoms with Gasteiger partial charge in [0, 0.05) is 12.2 Å². The molecule has 2 amide bonds. The molecule has 1 saturated heterocycles. The van der Waals surface area contributed by atoms with Gasteiger partial charge in [-0.15, -0.1) is 0 Å². The van der Waals surface area contributed by atoms with Gasteiger partial charge in [-0.25, -0.2) is 14.6 Å². The number of imidazole rings is 1. The number of amides is 2. The van der Waals surface area contributed by atoms with Crippen LogP contribution in [0.3, 0.4) is 0 Å². The molecular weight excluding hydrogens is 504 g/mol. The summed E-state index contributed by atoms with van der Waals surface area (Å²) in [5.41, 5.74) is 4.92. The van der Waals surface area contributed by atoms with Crippen LogP contribution in [0.4, 0.5) is 15.3 Å². The minimum Gasteiger partial charge on any atom is -0.445 e. The molecule has 3 aromatic carbocycles. The number of aromatic amines is 1. The number of carbonyl (C=O) groups is 2. The fourth-order valence-electron chi connectivity index (χ4n) is 4.76. The van der Waals surface area contributed by atoms with Gasteiger partial charge in [-0.1, -0.05) is 66.7 Å². The Kier molecular flexibility index (Phi) is 7.86. The van der Waals surface area contributed by atoms with Crippen molar-refractivity contribution in [1.82, 2.24) is 14.9 Å². The van der Waals surface area contributed by atoms with E-state index in [-0.39, 0.29) is 18.7 Å². The molecule has 5 rings (SSSR count). The van der Waals surface area contributed by atoms with Crippen LogP contribution in [0.15, 0.2) is 85.1 Å². The molecule has 4 aromatic rings. The predicted molar refractivity (Wildman–Crippen MR) is 155 cm³/mol. The van der Waals surface area contributed by atoms with Gasteiger partial charge in [0.15, 0.2) is 0 Å². The molecule has 40 heavy (non-hydrogen) atoms. The molecule has 8 nitrogen and oxygen atoms in total. The molecule has 2 N–H and O–H groups in total. The first-order chi connectivity index (χ1) is 19.2. The lowest BCUT2D eigenvalue weighted by molar-refractivity contribution is 0.0635. The van der Waals surface area contributed by atoms with E-state index in [2.05, 4.69) is 15.3 Å². The zero-order chi connectivity index (χ0) is 28.1. The molecule has 1 aliphatic rings. The van der Waals surface area contributed by atoms with Gasteiger partial charge in [-0.3, -0.25) is 10.2 Å². The number of aromatic nitrogens is 2. The van der Waals surface area contributed by atoms with E-state index in [0.717, 1.165) is 46.6 Å². The van der Waals surface area contributed by atoms with E-state index in [1.54, 1.807) is 4.90 Å². The van der Waals surface area contributed by atoms with E-state index >= 15 is 0 Å². The van der Waals surface area contributed by atoms with Crippen molar-refractivity contribution in [3.63, 3.8) is 0 Å². The minimum atomic E-state index is -0.564. The second-order valence-corrected chi connectivity index (χ2v) is 10.9. The largest absolute Gasteiger partial charge is 0.445 e. The third kappa shape index (κ3) is 6.69. The average Bonchev–Trinajstić information content (AvgIpc) is 3.62. The Labute approximate surface area is 234 Å². The number of H-pyrrole nitrogens is 1. The predicted octanol–water partition coefficient (Wildman–Crippen LogP) is 7.56. The van der Waals surface area contributed by atoms with E-state index in [1.165, 1.54) is 0 Å². The Morgan fingerprint density at radius 3 is 2.48 bits per heavy atom.